The maximum absolute atomic E-state index is 12.1. The number of benzene rings is 1. The molecule has 5 heteroatoms. The average Bonchev–Trinajstić information content (AvgIpc) is 2.88. The van der Waals surface area contributed by atoms with Crippen molar-refractivity contribution in [1.82, 2.24) is 10.2 Å². The first-order chi connectivity index (χ1) is 9.08. The summed E-state index contributed by atoms with van der Waals surface area (Å²) in [5.74, 6) is 0.0619. The van der Waals surface area contributed by atoms with E-state index in [4.69, 9.17) is 0 Å². The summed E-state index contributed by atoms with van der Waals surface area (Å²) in [7, 11) is 2.02. The number of nitrogens with one attached hydrogen (secondary N) is 2. The van der Waals surface area contributed by atoms with Gasteiger partial charge in [-0.25, -0.2) is 0 Å². The van der Waals surface area contributed by atoms with Crippen LogP contribution in [0.1, 0.15) is 17.5 Å². The molecular formula is C15H24ClN3O. The van der Waals surface area contributed by atoms with Crippen molar-refractivity contribution in [3.63, 3.8) is 0 Å². The molecule has 1 saturated heterocycles. The molecule has 20 heavy (non-hydrogen) atoms. The minimum atomic E-state index is 0. The molecule has 1 atom stereocenters. The molecule has 0 bridgehead atoms. The minimum absolute atomic E-state index is 0. The molecule has 1 amide bonds. The molecule has 1 aromatic carbocycles. The number of nitrogens with zero attached hydrogens (tertiary/aromatic N) is 1. The van der Waals surface area contributed by atoms with Crippen LogP contribution in [0.5, 0.6) is 0 Å². The molecule has 1 aliphatic heterocycles. The fourth-order valence-corrected chi connectivity index (χ4v) is 2.56. The van der Waals surface area contributed by atoms with Crippen LogP contribution in [0.2, 0.25) is 0 Å². The predicted molar refractivity (Wildman–Crippen MR) is 85.7 cm³/mol. The standard InChI is InChI=1S/C15H23N3O.ClH/c1-11-5-4-6-12(2)15(11)17-14(19)10-18(3)13-7-8-16-9-13;/h4-6,13,16H,7-10H2,1-3H3,(H,17,19);1H. The lowest BCUT2D eigenvalue weighted by atomic mass is 10.1. The van der Waals surface area contributed by atoms with Crippen molar-refractivity contribution in [2.75, 3.05) is 32.0 Å². The van der Waals surface area contributed by atoms with Gasteiger partial charge in [0.1, 0.15) is 0 Å². The normalized spacial score (nSPS) is 17.9. The van der Waals surface area contributed by atoms with Crippen LogP contribution in [0.25, 0.3) is 0 Å². The molecular weight excluding hydrogens is 274 g/mol. The minimum Gasteiger partial charge on any atom is -0.324 e. The number of likely N-dealkylation sites (N-methyl/N-ethyl adjacent to an activating group) is 1. The Morgan fingerprint density at radius 1 is 1.40 bits per heavy atom. The van der Waals surface area contributed by atoms with Crippen molar-refractivity contribution >= 4 is 24.0 Å². The predicted octanol–water partition coefficient (Wildman–Crippen LogP) is 1.96. The van der Waals surface area contributed by atoms with Gasteiger partial charge < -0.3 is 10.6 Å². The molecule has 0 radical (unpaired) electrons. The van der Waals surface area contributed by atoms with E-state index in [0.29, 0.717) is 12.6 Å². The van der Waals surface area contributed by atoms with Crippen LogP contribution < -0.4 is 10.6 Å². The second-order valence-electron chi connectivity index (χ2n) is 5.38. The highest BCUT2D eigenvalue weighted by atomic mass is 35.5. The van der Waals surface area contributed by atoms with E-state index in [1.54, 1.807) is 0 Å². The number of rotatable bonds is 4. The van der Waals surface area contributed by atoms with Crippen molar-refractivity contribution in [1.29, 1.82) is 0 Å². The summed E-state index contributed by atoms with van der Waals surface area (Å²) < 4.78 is 0. The number of carbonyl (C=O) groups is 1. The van der Waals surface area contributed by atoms with Gasteiger partial charge in [0.2, 0.25) is 5.91 Å². The number of hydrogen-bond donors (Lipinski definition) is 2. The van der Waals surface area contributed by atoms with Crippen LogP contribution in [0.4, 0.5) is 5.69 Å². The Bertz CT molecular complexity index is 438. The van der Waals surface area contributed by atoms with E-state index in [9.17, 15) is 4.79 Å². The fraction of sp³-hybridized carbons (Fsp3) is 0.533. The quantitative estimate of drug-likeness (QED) is 0.893. The summed E-state index contributed by atoms with van der Waals surface area (Å²) in [4.78, 5) is 14.2. The van der Waals surface area contributed by atoms with Crippen molar-refractivity contribution in [3.8, 4) is 0 Å². The first-order valence-corrected chi connectivity index (χ1v) is 6.85. The lowest BCUT2D eigenvalue weighted by Crippen LogP contribution is -2.39. The largest absolute Gasteiger partial charge is 0.324 e. The van der Waals surface area contributed by atoms with Gasteiger partial charge in [-0.2, -0.15) is 0 Å². The highest BCUT2D eigenvalue weighted by Gasteiger charge is 2.21. The van der Waals surface area contributed by atoms with E-state index in [1.165, 1.54) is 0 Å². The van der Waals surface area contributed by atoms with Crippen LogP contribution in [0, 0.1) is 13.8 Å². The Labute approximate surface area is 127 Å². The van der Waals surface area contributed by atoms with E-state index < -0.39 is 0 Å². The summed E-state index contributed by atoms with van der Waals surface area (Å²) in [6, 6.07) is 6.53. The second-order valence-corrected chi connectivity index (χ2v) is 5.38. The van der Waals surface area contributed by atoms with E-state index in [-0.39, 0.29) is 18.3 Å². The van der Waals surface area contributed by atoms with Crippen LogP contribution in [0.3, 0.4) is 0 Å². The lowest BCUT2D eigenvalue weighted by Gasteiger charge is -2.23. The first-order valence-electron chi connectivity index (χ1n) is 6.85. The van der Waals surface area contributed by atoms with Crippen molar-refractivity contribution in [3.05, 3.63) is 29.3 Å². The smallest absolute Gasteiger partial charge is 0.238 e. The van der Waals surface area contributed by atoms with E-state index in [1.807, 2.05) is 39.1 Å². The van der Waals surface area contributed by atoms with Gasteiger partial charge in [-0.05, 0) is 45.0 Å². The van der Waals surface area contributed by atoms with Crippen molar-refractivity contribution in [2.45, 2.75) is 26.3 Å². The molecule has 4 nitrogen and oxygen atoms in total. The maximum atomic E-state index is 12.1. The molecule has 2 N–H and O–H groups in total. The van der Waals surface area contributed by atoms with Crippen molar-refractivity contribution in [2.24, 2.45) is 0 Å². The Balaban J connectivity index is 0.00000200. The Hall–Kier alpha value is -1.10. The van der Waals surface area contributed by atoms with Crippen molar-refractivity contribution < 1.29 is 4.79 Å². The molecule has 0 aliphatic carbocycles. The zero-order valence-corrected chi connectivity index (χ0v) is 13.2. The summed E-state index contributed by atoms with van der Waals surface area (Å²) >= 11 is 0. The molecule has 112 valence electrons. The number of para-hydroxylation sites is 1. The highest BCUT2D eigenvalue weighted by Crippen LogP contribution is 2.19. The van der Waals surface area contributed by atoms with Crippen LogP contribution >= 0.6 is 12.4 Å². The van der Waals surface area contributed by atoms with Crippen LogP contribution in [-0.4, -0.2) is 43.5 Å². The molecule has 1 unspecified atom stereocenters. The first kappa shape index (κ1) is 17.0. The highest BCUT2D eigenvalue weighted by molar-refractivity contribution is 5.93. The number of amides is 1. The Morgan fingerprint density at radius 2 is 2.05 bits per heavy atom. The Kier molecular flexibility index (Phi) is 6.46. The van der Waals surface area contributed by atoms with Crippen LogP contribution in [0.15, 0.2) is 18.2 Å². The molecule has 0 saturated carbocycles. The Morgan fingerprint density at radius 3 is 2.60 bits per heavy atom. The average molecular weight is 298 g/mol. The third-order valence-corrected chi connectivity index (χ3v) is 3.80. The van der Waals surface area contributed by atoms with E-state index in [0.717, 1.165) is 36.3 Å². The number of hydrogen-bond acceptors (Lipinski definition) is 3. The molecule has 1 aromatic rings. The topological polar surface area (TPSA) is 44.4 Å². The second kappa shape index (κ2) is 7.62. The lowest BCUT2D eigenvalue weighted by molar-refractivity contribution is -0.117. The molecule has 1 heterocycles. The summed E-state index contributed by atoms with van der Waals surface area (Å²) in [5, 5.41) is 6.35. The van der Waals surface area contributed by atoms with Gasteiger partial charge in [-0.3, -0.25) is 9.69 Å². The summed E-state index contributed by atoms with van der Waals surface area (Å²) in [5.41, 5.74) is 3.17. The molecule has 0 aromatic heterocycles. The van der Waals surface area contributed by atoms with Crippen LogP contribution in [-0.2, 0) is 4.79 Å². The van der Waals surface area contributed by atoms with Gasteiger partial charge in [0.25, 0.3) is 0 Å². The third kappa shape index (κ3) is 4.20. The number of carbonyl (C=O) groups excluding carboxylic acids is 1. The zero-order chi connectivity index (χ0) is 13.8. The van der Waals surface area contributed by atoms with E-state index >= 15 is 0 Å². The monoisotopic (exact) mass is 297 g/mol. The fourth-order valence-electron chi connectivity index (χ4n) is 2.56. The van der Waals surface area contributed by atoms with E-state index in [2.05, 4.69) is 15.5 Å². The van der Waals surface area contributed by atoms with Gasteiger partial charge >= 0.3 is 0 Å². The third-order valence-electron chi connectivity index (χ3n) is 3.80. The van der Waals surface area contributed by atoms with Gasteiger partial charge in [-0.15, -0.1) is 12.4 Å². The van der Waals surface area contributed by atoms with Gasteiger partial charge in [0.15, 0.2) is 0 Å². The molecule has 0 spiro atoms. The summed E-state index contributed by atoms with van der Waals surface area (Å²) in [6.45, 7) is 6.52. The van der Waals surface area contributed by atoms with Gasteiger partial charge in [0.05, 0.1) is 6.54 Å². The SMILES string of the molecule is Cc1cccc(C)c1NC(=O)CN(C)C1CCNC1.Cl. The molecule has 1 aliphatic rings. The number of halogens is 1. The molecule has 2 rings (SSSR count). The maximum Gasteiger partial charge on any atom is 0.238 e. The number of anilines is 1. The summed E-state index contributed by atoms with van der Waals surface area (Å²) in [6.07, 6.45) is 1.12. The van der Waals surface area contributed by atoms with Gasteiger partial charge in [0, 0.05) is 18.3 Å². The zero-order valence-electron chi connectivity index (χ0n) is 12.4. The number of aryl methyl sites for hydroxylation is 2. The van der Waals surface area contributed by atoms with Gasteiger partial charge in [-0.1, -0.05) is 18.2 Å². The molecule has 1 fully saturated rings.